The van der Waals surface area contributed by atoms with Crippen LogP contribution >= 0.6 is 0 Å². The van der Waals surface area contributed by atoms with E-state index in [4.69, 9.17) is 4.74 Å². The van der Waals surface area contributed by atoms with Gasteiger partial charge in [-0.2, -0.15) is 13.2 Å². The van der Waals surface area contributed by atoms with E-state index in [9.17, 15) is 32.7 Å². The molecule has 5 rings (SSSR count). The van der Waals surface area contributed by atoms with Crippen LogP contribution in [0.2, 0.25) is 0 Å². The van der Waals surface area contributed by atoms with Gasteiger partial charge in [-0.05, 0) is 61.5 Å². The molecular formula is C30H28F3N5O5. The number of ether oxygens (including phenoxy) is 1. The highest BCUT2D eigenvalue weighted by molar-refractivity contribution is 6.05. The number of aromatic nitrogens is 2. The molecule has 4 aromatic rings. The molecule has 1 fully saturated rings. The highest BCUT2D eigenvalue weighted by Gasteiger charge is 2.30. The third kappa shape index (κ3) is 6.10. The van der Waals surface area contributed by atoms with E-state index in [2.05, 4.69) is 4.98 Å². The number of rotatable bonds is 6. The third-order valence-corrected chi connectivity index (χ3v) is 7.34. The summed E-state index contributed by atoms with van der Waals surface area (Å²) >= 11 is 0. The van der Waals surface area contributed by atoms with Crippen molar-refractivity contribution in [1.82, 2.24) is 19.4 Å². The maximum absolute atomic E-state index is 13.3. The van der Waals surface area contributed by atoms with Gasteiger partial charge in [0.2, 0.25) is 5.88 Å². The standard InChI is InChI=1S/C30H28F3N5O5/c1-3-38-24-10-9-23(16-20(24)17-25(38)28(40)36-12-14-37(15-13-36)29(41)42)43-26-11-8-22(18-34-26)35(2)27(39)19-4-6-21(7-5-19)30(31,32)33/h4-11,16-18H,3,12-15H2,1-2H3,(H,41,42). The zero-order valence-corrected chi connectivity index (χ0v) is 23.3. The van der Waals surface area contributed by atoms with Gasteiger partial charge in [0.15, 0.2) is 0 Å². The summed E-state index contributed by atoms with van der Waals surface area (Å²) in [6.07, 6.45) is -4.06. The van der Waals surface area contributed by atoms with Crippen LogP contribution in [-0.2, 0) is 12.7 Å². The smallest absolute Gasteiger partial charge is 0.416 e. The lowest BCUT2D eigenvalue weighted by atomic mass is 10.1. The van der Waals surface area contributed by atoms with E-state index >= 15 is 0 Å². The first-order chi connectivity index (χ1) is 20.5. The molecule has 1 saturated heterocycles. The number of amides is 3. The van der Waals surface area contributed by atoms with Gasteiger partial charge in [0, 0.05) is 62.3 Å². The normalized spacial score (nSPS) is 13.7. The number of alkyl halides is 3. The summed E-state index contributed by atoms with van der Waals surface area (Å²) in [6.45, 7) is 3.65. The van der Waals surface area contributed by atoms with Crippen LogP contribution in [0.25, 0.3) is 10.9 Å². The quantitative estimate of drug-likeness (QED) is 0.312. The Morgan fingerprint density at radius 3 is 2.21 bits per heavy atom. The summed E-state index contributed by atoms with van der Waals surface area (Å²) in [5.41, 5.74) is 1.03. The molecule has 13 heteroatoms. The number of carbonyl (C=O) groups excluding carboxylic acids is 2. The Morgan fingerprint density at radius 1 is 0.953 bits per heavy atom. The second-order valence-corrected chi connectivity index (χ2v) is 9.95. The number of carbonyl (C=O) groups is 3. The highest BCUT2D eigenvalue weighted by Crippen LogP contribution is 2.31. The van der Waals surface area contributed by atoms with Gasteiger partial charge in [-0.25, -0.2) is 9.78 Å². The van der Waals surface area contributed by atoms with E-state index in [0.717, 1.165) is 35.2 Å². The minimum atomic E-state index is -4.49. The number of halogens is 3. The number of piperazine rings is 1. The van der Waals surface area contributed by atoms with Crippen molar-refractivity contribution in [3.63, 3.8) is 0 Å². The predicted molar refractivity (Wildman–Crippen MR) is 152 cm³/mol. The second-order valence-electron chi connectivity index (χ2n) is 9.95. The first kappa shape index (κ1) is 29.4. The lowest BCUT2D eigenvalue weighted by Crippen LogP contribution is -2.50. The second kappa shape index (κ2) is 11.7. The van der Waals surface area contributed by atoms with Crippen molar-refractivity contribution >= 4 is 34.5 Å². The fourth-order valence-corrected chi connectivity index (χ4v) is 4.96. The van der Waals surface area contributed by atoms with Crippen LogP contribution in [0, 0.1) is 0 Å². The molecule has 3 heterocycles. The average molecular weight is 596 g/mol. The molecular weight excluding hydrogens is 567 g/mol. The van der Waals surface area contributed by atoms with Crippen LogP contribution < -0.4 is 9.64 Å². The number of hydrogen-bond donors (Lipinski definition) is 1. The van der Waals surface area contributed by atoms with Crippen molar-refractivity contribution in [2.24, 2.45) is 0 Å². The Labute approximate surface area is 244 Å². The Kier molecular flexibility index (Phi) is 7.98. The van der Waals surface area contributed by atoms with Gasteiger partial charge in [0.25, 0.3) is 11.8 Å². The predicted octanol–water partition coefficient (Wildman–Crippen LogP) is 5.58. The average Bonchev–Trinajstić information content (AvgIpc) is 3.38. The molecule has 224 valence electrons. The molecule has 1 aliphatic rings. The molecule has 0 bridgehead atoms. The SMILES string of the molecule is CCn1c(C(=O)N2CCN(C(=O)O)CC2)cc2cc(Oc3ccc(N(C)C(=O)c4ccc(C(F)(F)F)cc4)cn3)ccc21. The van der Waals surface area contributed by atoms with Crippen LogP contribution in [0.4, 0.5) is 23.7 Å². The molecule has 0 spiro atoms. The molecule has 0 atom stereocenters. The largest absolute Gasteiger partial charge is 0.465 e. The maximum Gasteiger partial charge on any atom is 0.416 e. The third-order valence-electron chi connectivity index (χ3n) is 7.34. The molecule has 2 aromatic carbocycles. The summed E-state index contributed by atoms with van der Waals surface area (Å²) in [5, 5.41) is 9.96. The summed E-state index contributed by atoms with van der Waals surface area (Å²) in [4.78, 5) is 45.8. The topological polar surface area (TPSA) is 108 Å². The zero-order chi connectivity index (χ0) is 30.9. The number of carboxylic acid groups (broad SMARTS) is 1. The highest BCUT2D eigenvalue weighted by atomic mass is 19.4. The number of hydrogen-bond acceptors (Lipinski definition) is 5. The van der Waals surface area contributed by atoms with Crippen molar-refractivity contribution in [3.8, 4) is 11.6 Å². The number of nitrogens with zero attached hydrogens (tertiary/aromatic N) is 5. The first-order valence-corrected chi connectivity index (χ1v) is 13.5. The zero-order valence-electron chi connectivity index (χ0n) is 23.3. The van der Waals surface area contributed by atoms with E-state index < -0.39 is 23.7 Å². The van der Waals surface area contributed by atoms with E-state index in [0.29, 0.717) is 36.8 Å². The van der Waals surface area contributed by atoms with Crippen LogP contribution in [0.3, 0.4) is 0 Å². The maximum atomic E-state index is 13.3. The van der Waals surface area contributed by atoms with E-state index in [-0.39, 0.29) is 30.4 Å². The fraction of sp³-hybridized carbons (Fsp3) is 0.267. The van der Waals surface area contributed by atoms with Crippen molar-refractivity contribution in [2.45, 2.75) is 19.6 Å². The number of pyridine rings is 1. The molecule has 0 aliphatic carbocycles. The van der Waals surface area contributed by atoms with E-state index in [1.807, 2.05) is 17.6 Å². The van der Waals surface area contributed by atoms with Gasteiger partial charge in [-0.15, -0.1) is 0 Å². The van der Waals surface area contributed by atoms with Crippen LogP contribution in [0.1, 0.15) is 33.3 Å². The minimum Gasteiger partial charge on any atom is -0.465 e. The molecule has 0 unspecified atom stereocenters. The summed E-state index contributed by atoms with van der Waals surface area (Å²) < 4.78 is 46.3. The molecule has 3 amide bonds. The van der Waals surface area contributed by atoms with E-state index in [1.54, 1.807) is 35.2 Å². The molecule has 10 nitrogen and oxygen atoms in total. The van der Waals surface area contributed by atoms with Gasteiger partial charge in [0.05, 0.1) is 17.4 Å². The monoisotopic (exact) mass is 595 g/mol. The minimum absolute atomic E-state index is 0.100. The van der Waals surface area contributed by atoms with Gasteiger partial charge in [-0.1, -0.05) is 0 Å². The van der Waals surface area contributed by atoms with Gasteiger partial charge in [-0.3, -0.25) is 9.59 Å². The molecule has 0 saturated carbocycles. The molecule has 2 aromatic heterocycles. The van der Waals surface area contributed by atoms with Gasteiger partial charge >= 0.3 is 12.3 Å². The Bertz CT molecular complexity index is 1660. The van der Waals surface area contributed by atoms with Crippen molar-refractivity contribution in [3.05, 3.63) is 83.7 Å². The molecule has 43 heavy (non-hydrogen) atoms. The van der Waals surface area contributed by atoms with Gasteiger partial charge < -0.3 is 29.1 Å². The Morgan fingerprint density at radius 2 is 1.63 bits per heavy atom. The Hall–Kier alpha value is -5.07. The van der Waals surface area contributed by atoms with Crippen LogP contribution in [-0.4, -0.2) is 75.6 Å². The first-order valence-electron chi connectivity index (χ1n) is 13.5. The number of benzene rings is 2. The van der Waals surface area contributed by atoms with Crippen molar-refractivity contribution in [1.29, 1.82) is 0 Å². The Balaban J connectivity index is 1.28. The number of anilines is 1. The van der Waals surface area contributed by atoms with Crippen LogP contribution in [0.5, 0.6) is 11.6 Å². The number of aryl methyl sites for hydroxylation is 1. The fourth-order valence-electron chi connectivity index (χ4n) is 4.96. The molecule has 1 N–H and O–H groups in total. The van der Waals surface area contributed by atoms with E-state index in [1.165, 1.54) is 23.0 Å². The summed E-state index contributed by atoms with van der Waals surface area (Å²) in [7, 11) is 1.49. The molecule has 1 aliphatic heterocycles. The lowest BCUT2D eigenvalue weighted by Gasteiger charge is -2.33. The summed E-state index contributed by atoms with van der Waals surface area (Å²) in [6, 6.07) is 14.3. The van der Waals surface area contributed by atoms with Gasteiger partial charge in [0.1, 0.15) is 11.4 Å². The lowest BCUT2D eigenvalue weighted by molar-refractivity contribution is -0.137. The van der Waals surface area contributed by atoms with Crippen LogP contribution in [0.15, 0.2) is 66.9 Å². The van der Waals surface area contributed by atoms with Crippen molar-refractivity contribution in [2.75, 3.05) is 38.1 Å². The summed E-state index contributed by atoms with van der Waals surface area (Å²) in [5.74, 6) is 0.0623. The number of fused-ring (bicyclic) bond motifs is 1. The molecule has 0 radical (unpaired) electrons. The van der Waals surface area contributed by atoms with Crippen molar-refractivity contribution < 1.29 is 37.4 Å².